The van der Waals surface area contributed by atoms with Gasteiger partial charge in [0.1, 0.15) is 5.60 Å². The largest absolute Gasteiger partial charge is 0.458 e. The third-order valence-electron chi connectivity index (χ3n) is 1.67. The summed E-state index contributed by atoms with van der Waals surface area (Å²) in [6.45, 7) is 13.7. The number of carbonyl (C=O) groups excluding carboxylic acids is 1. The quantitative estimate of drug-likeness (QED) is 0.678. The van der Waals surface area contributed by atoms with E-state index in [9.17, 15) is 4.79 Å². The molecule has 90 valence electrons. The third-order valence-corrected chi connectivity index (χ3v) is 1.67. The first-order valence-electron chi connectivity index (χ1n) is 5.42. The molecule has 0 radical (unpaired) electrons. The maximum Gasteiger partial charge on any atom is 0.338 e. The lowest BCUT2D eigenvalue weighted by atomic mass is 10.1. The molecule has 0 aromatic carbocycles. The zero-order valence-electron chi connectivity index (χ0n) is 11.0. The van der Waals surface area contributed by atoms with E-state index in [1.54, 1.807) is 13.8 Å². The van der Waals surface area contributed by atoms with E-state index >= 15 is 0 Å². The molecule has 0 rings (SSSR count). The van der Waals surface area contributed by atoms with E-state index in [4.69, 9.17) is 9.47 Å². The molecular weight excluding hydrogens is 192 g/mol. The van der Waals surface area contributed by atoms with E-state index in [0.29, 0.717) is 12.5 Å². The van der Waals surface area contributed by atoms with Gasteiger partial charge in [0, 0.05) is 0 Å². The van der Waals surface area contributed by atoms with Crippen molar-refractivity contribution < 1.29 is 14.3 Å². The van der Waals surface area contributed by atoms with Crippen molar-refractivity contribution in [1.29, 1.82) is 0 Å². The smallest absolute Gasteiger partial charge is 0.338 e. The summed E-state index contributed by atoms with van der Waals surface area (Å²) in [4.78, 5) is 11.7. The summed E-state index contributed by atoms with van der Waals surface area (Å²) >= 11 is 0. The van der Waals surface area contributed by atoms with Crippen LogP contribution in [0.15, 0.2) is 0 Å². The summed E-state index contributed by atoms with van der Waals surface area (Å²) in [7, 11) is 0. The lowest BCUT2D eigenvalue weighted by Gasteiger charge is -2.29. The van der Waals surface area contributed by atoms with E-state index in [1.165, 1.54) is 0 Å². The van der Waals surface area contributed by atoms with Crippen LogP contribution in [0.5, 0.6) is 0 Å². The van der Waals surface area contributed by atoms with Crippen LogP contribution in [0.4, 0.5) is 0 Å². The molecule has 3 heteroatoms. The summed E-state index contributed by atoms with van der Waals surface area (Å²) in [5.74, 6) is 0.0994. The van der Waals surface area contributed by atoms with E-state index < -0.39 is 11.2 Å². The minimum atomic E-state index is -0.864. The first-order valence-corrected chi connectivity index (χ1v) is 5.42. The Bertz CT molecular complexity index is 211. The van der Waals surface area contributed by atoms with Gasteiger partial charge in [0.05, 0.1) is 6.61 Å². The Hall–Kier alpha value is -0.570. The summed E-state index contributed by atoms with van der Waals surface area (Å²) < 4.78 is 10.8. The maximum atomic E-state index is 11.7. The fourth-order valence-corrected chi connectivity index (χ4v) is 0.835. The first-order chi connectivity index (χ1) is 6.54. The van der Waals surface area contributed by atoms with Crippen LogP contribution in [-0.2, 0) is 14.3 Å². The Morgan fingerprint density at radius 2 is 1.60 bits per heavy atom. The second-order valence-electron chi connectivity index (χ2n) is 5.72. The minimum Gasteiger partial charge on any atom is -0.458 e. The van der Waals surface area contributed by atoms with Crippen LogP contribution in [0.2, 0.25) is 0 Å². The van der Waals surface area contributed by atoms with Gasteiger partial charge in [-0.15, -0.1) is 0 Å². The summed E-state index contributed by atoms with van der Waals surface area (Å²) in [6.07, 6.45) is 0. The Balaban J connectivity index is 4.26. The molecule has 0 amide bonds. The van der Waals surface area contributed by atoms with E-state index in [1.807, 2.05) is 34.6 Å². The molecule has 15 heavy (non-hydrogen) atoms. The van der Waals surface area contributed by atoms with Gasteiger partial charge in [0.2, 0.25) is 0 Å². The van der Waals surface area contributed by atoms with Crippen molar-refractivity contribution in [3.63, 3.8) is 0 Å². The van der Waals surface area contributed by atoms with E-state index in [0.717, 1.165) is 0 Å². The zero-order valence-corrected chi connectivity index (χ0v) is 11.0. The van der Waals surface area contributed by atoms with Crippen LogP contribution in [-0.4, -0.2) is 23.8 Å². The standard InChI is InChI=1S/C12H24O3/c1-9(2)8-14-12(6,7)10(13)15-11(3,4)5/h9H,8H2,1-7H3. The number of esters is 1. The van der Waals surface area contributed by atoms with Crippen LogP contribution < -0.4 is 0 Å². The molecule has 0 fully saturated rings. The fourth-order valence-electron chi connectivity index (χ4n) is 0.835. The molecule has 0 saturated carbocycles. The van der Waals surface area contributed by atoms with Crippen molar-refractivity contribution in [2.75, 3.05) is 6.61 Å². The van der Waals surface area contributed by atoms with Gasteiger partial charge < -0.3 is 9.47 Å². The lowest BCUT2D eigenvalue weighted by molar-refractivity contribution is -0.180. The van der Waals surface area contributed by atoms with Gasteiger partial charge in [-0.3, -0.25) is 0 Å². The summed E-state index contributed by atoms with van der Waals surface area (Å²) in [6, 6.07) is 0. The van der Waals surface area contributed by atoms with Gasteiger partial charge in [-0.25, -0.2) is 4.79 Å². The number of hydrogen-bond donors (Lipinski definition) is 0. The Morgan fingerprint density at radius 1 is 1.13 bits per heavy atom. The van der Waals surface area contributed by atoms with Crippen molar-refractivity contribution in [2.24, 2.45) is 5.92 Å². The predicted octanol–water partition coefficient (Wildman–Crippen LogP) is 2.78. The van der Waals surface area contributed by atoms with E-state index in [2.05, 4.69) is 0 Å². The highest BCUT2D eigenvalue weighted by Crippen LogP contribution is 2.18. The topological polar surface area (TPSA) is 35.5 Å². The zero-order chi connectivity index (χ0) is 12.3. The Kier molecular flexibility index (Phi) is 4.78. The van der Waals surface area contributed by atoms with Crippen molar-refractivity contribution >= 4 is 5.97 Å². The molecule has 0 unspecified atom stereocenters. The monoisotopic (exact) mass is 216 g/mol. The SMILES string of the molecule is CC(C)COC(C)(C)C(=O)OC(C)(C)C. The lowest BCUT2D eigenvalue weighted by Crippen LogP contribution is -2.41. The van der Waals surface area contributed by atoms with Crippen molar-refractivity contribution in [3.8, 4) is 0 Å². The van der Waals surface area contributed by atoms with Crippen molar-refractivity contribution in [2.45, 2.75) is 59.7 Å². The van der Waals surface area contributed by atoms with Crippen molar-refractivity contribution in [1.82, 2.24) is 0 Å². The molecule has 0 atom stereocenters. The van der Waals surface area contributed by atoms with Crippen molar-refractivity contribution in [3.05, 3.63) is 0 Å². The average molecular weight is 216 g/mol. The van der Waals surface area contributed by atoms with Gasteiger partial charge in [-0.2, -0.15) is 0 Å². The molecule has 0 aliphatic rings. The normalized spacial score (nSPS) is 13.1. The second-order valence-corrected chi connectivity index (χ2v) is 5.72. The number of carbonyl (C=O) groups is 1. The Labute approximate surface area is 93.1 Å². The number of ether oxygens (including phenoxy) is 2. The summed E-state index contributed by atoms with van der Waals surface area (Å²) in [5, 5.41) is 0. The predicted molar refractivity (Wildman–Crippen MR) is 60.7 cm³/mol. The van der Waals surface area contributed by atoms with Crippen LogP contribution >= 0.6 is 0 Å². The van der Waals surface area contributed by atoms with Gasteiger partial charge >= 0.3 is 5.97 Å². The molecule has 0 aromatic heterocycles. The molecule has 0 aliphatic carbocycles. The molecule has 0 saturated heterocycles. The van der Waals surface area contributed by atoms with Crippen LogP contribution in [0.1, 0.15) is 48.5 Å². The molecule has 0 aliphatic heterocycles. The molecule has 0 N–H and O–H groups in total. The second kappa shape index (κ2) is 4.97. The van der Waals surface area contributed by atoms with E-state index in [-0.39, 0.29) is 5.97 Å². The first kappa shape index (κ1) is 14.4. The molecule has 0 aromatic rings. The molecule has 0 spiro atoms. The van der Waals surface area contributed by atoms with Gasteiger partial charge in [-0.1, -0.05) is 13.8 Å². The molecule has 0 heterocycles. The minimum absolute atomic E-state index is 0.310. The summed E-state index contributed by atoms with van der Waals surface area (Å²) in [5.41, 5.74) is -1.33. The van der Waals surface area contributed by atoms with Gasteiger partial charge in [0.15, 0.2) is 5.60 Å². The number of rotatable bonds is 4. The Morgan fingerprint density at radius 3 is 1.93 bits per heavy atom. The average Bonchev–Trinajstić information content (AvgIpc) is 1.97. The highest BCUT2D eigenvalue weighted by atomic mass is 16.6. The van der Waals surface area contributed by atoms with Crippen LogP contribution in [0.25, 0.3) is 0 Å². The molecule has 0 bridgehead atoms. The number of hydrogen-bond acceptors (Lipinski definition) is 3. The third kappa shape index (κ3) is 6.50. The molecular formula is C12H24O3. The highest BCUT2D eigenvalue weighted by molar-refractivity contribution is 5.78. The fraction of sp³-hybridized carbons (Fsp3) is 0.917. The van der Waals surface area contributed by atoms with Gasteiger partial charge in [-0.05, 0) is 40.5 Å². The van der Waals surface area contributed by atoms with Crippen LogP contribution in [0.3, 0.4) is 0 Å². The maximum absolute atomic E-state index is 11.7. The highest BCUT2D eigenvalue weighted by Gasteiger charge is 2.33. The van der Waals surface area contributed by atoms with Gasteiger partial charge in [0.25, 0.3) is 0 Å². The van der Waals surface area contributed by atoms with Crippen LogP contribution in [0, 0.1) is 5.92 Å². The molecule has 3 nitrogen and oxygen atoms in total.